The standard InChI is InChI=1S/C23H19N3O3S/c24-19-8-4-9-20(15-19)25-23(27)18-7-3-10-21(13-18)26-30(28,29)22-12-11-16-5-1-2-6-17(16)14-22/h1-15,26H,24H2,(H,25,27). The van der Waals surface area contributed by atoms with Gasteiger partial charge in [-0.3, -0.25) is 9.52 Å². The molecule has 0 atom stereocenters. The third-order valence-corrected chi connectivity index (χ3v) is 5.93. The zero-order chi connectivity index (χ0) is 21.1. The minimum absolute atomic E-state index is 0.149. The lowest BCUT2D eigenvalue weighted by Crippen LogP contribution is -2.15. The van der Waals surface area contributed by atoms with Crippen molar-refractivity contribution in [2.45, 2.75) is 4.90 Å². The molecule has 150 valence electrons. The summed E-state index contributed by atoms with van der Waals surface area (Å²) in [6, 6.07) is 25.6. The Kier molecular flexibility index (Phi) is 5.12. The topological polar surface area (TPSA) is 101 Å². The van der Waals surface area contributed by atoms with Crippen molar-refractivity contribution in [2.24, 2.45) is 0 Å². The molecule has 30 heavy (non-hydrogen) atoms. The van der Waals surface area contributed by atoms with Gasteiger partial charge in [0.15, 0.2) is 0 Å². The summed E-state index contributed by atoms with van der Waals surface area (Å²) in [6.45, 7) is 0. The van der Waals surface area contributed by atoms with E-state index in [2.05, 4.69) is 10.0 Å². The Balaban J connectivity index is 1.56. The molecule has 0 saturated heterocycles. The summed E-state index contributed by atoms with van der Waals surface area (Å²) in [7, 11) is -3.81. The number of sulfonamides is 1. The van der Waals surface area contributed by atoms with E-state index in [1.54, 1.807) is 60.7 Å². The van der Waals surface area contributed by atoms with E-state index in [9.17, 15) is 13.2 Å². The van der Waals surface area contributed by atoms with E-state index in [1.165, 1.54) is 6.07 Å². The number of hydrogen-bond acceptors (Lipinski definition) is 4. The maximum Gasteiger partial charge on any atom is 0.261 e. The Bertz CT molecular complexity index is 1350. The molecule has 0 heterocycles. The van der Waals surface area contributed by atoms with Crippen LogP contribution in [0.15, 0.2) is 95.9 Å². The van der Waals surface area contributed by atoms with E-state index in [-0.39, 0.29) is 10.8 Å². The van der Waals surface area contributed by atoms with Crippen molar-refractivity contribution < 1.29 is 13.2 Å². The van der Waals surface area contributed by atoms with Crippen LogP contribution in [0, 0.1) is 0 Å². The second-order valence-electron chi connectivity index (χ2n) is 6.77. The first kappa shape index (κ1) is 19.5. The van der Waals surface area contributed by atoms with Crippen LogP contribution in [0.5, 0.6) is 0 Å². The molecule has 0 fully saturated rings. The highest BCUT2D eigenvalue weighted by Gasteiger charge is 2.16. The lowest BCUT2D eigenvalue weighted by molar-refractivity contribution is 0.102. The van der Waals surface area contributed by atoms with Gasteiger partial charge in [0.1, 0.15) is 0 Å². The number of carbonyl (C=O) groups is 1. The summed E-state index contributed by atoms with van der Waals surface area (Å²) in [4.78, 5) is 12.7. The molecule has 0 aliphatic heterocycles. The van der Waals surface area contributed by atoms with Gasteiger partial charge in [0.05, 0.1) is 4.90 Å². The van der Waals surface area contributed by atoms with Crippen molar-refractivity contribution >= 4 is 43.8 Å². The summed E-state index contributed by atoms with van der Waals surface area (Å²) in [5.41, 5.74) is 7.43. The SMILES string of the molecule is Nc1cccc(NC(=O)c2cccc(NS(=O)(=O)c3ccc4ccccc4c3)c2)c1. The van der Waals surface area contributed by atoms with Crippen molar-refractivity contribution in [1.29, 1.82) is 0 Å². The summed E-state index contributed by atoms with van der Waals surface area (Å²) < 4.78 is 28.2. The van der Waals surface area contributed by atoms with Gasteiger partial charge < -0.3 is 11.1 Å². The predicted molar refractivity (Wildman–Crippen MR) is 120 cm³/mol. The van der Waals surface area contributed by atoms with Crippen LogP contribution in [0.4, 0.5) is 17.1 Å². The Morgan fingerprint density at radius 3 is 2.27 bits per heavy atom. The van der Waals surface area contributed by atoms with Crippen LogP contribution in [0.1, 0.15) is 10.4 Å². The van der Waals surface area contributed by atoms with E-state index in [1.807, 2.05) is 24.3 Å². The summed E-state index contributed by atoms with van der Waals surface area (Å²) in [5.74, 6) is -0.368. The zero-order valence-electron chi connectivity index (χ0n) is 15.9. The van der Waals surface area contributed by atoms with Crippen LogP contribution in [-0.2, 0) is 10.0 Å². The first-order chi connectivity index (χ1) is 14.4. The van der Waals surface area contributed by atoms with Gasteiger partial charge in [0.2, 0.25) is 0 Å². The average molecular weight is 417 g/mol. The first-order valence-corrected chi connectivity index (χ1v) is 10.7. The van der Waals surface area contributed by atoms with Gasteiger partial charge in [-0.15, -0.1) is 0 Å². The van der Waals surface area contributed by atoms with Crippen molar-refractivity contribution in [1.82, 2.24) is 0 Å². The average Bonchev–Trinajstić information content (AvgIpc) is 2.73. The number of amides is 1. The van der Waals surface area contributed by atoms with Gasteiger partial charge in [-0.05, 0) is 59.3 Å². The van der Waals surface area contributed by atoms with E-state index < -0.39 is 10.0 Å². The van der Waals surface area contributed by atoms with Gasteiger partial charge in [-0.25, -0.2) is 8.42 Å². The number of anilines is 3. The quantitative estimate of drug-likeness (QED) is 0.417. The van der Waals surface area contributed by atoms with Crippen molar-refractivity contribution in [3.05, 3.63) is 96.6 Å². The summed E-state index contributed by atoms with van der Waals surface area (Å²) >= 11 is 0. The number of benzene rings is 4. The number of fused-ring (bicyclic) bond motifs is 1. The Labute approximate surface area is 174 Å². The molecule has 1 amide bonds. The molecule has 0 aromatic heterocycles. The minimum Gasteiger partial charge on any atom is -0.399 e. The number of nitrogen functional groups attached to an aromatic ring is 1. The lowest BCUT2D eigenvalue weighted by Gasteiger charge is -2.11. The summed E-state index contributed by atoms with van der Waals surface area (Å²) in [5, 5.41) is 4.53. The van der Waals surface area contributed by atoms with Crippen molar-refractivity contribution in [2.75, 3.05) is 15.8 Å². The van der Waals surface area contributed by atoms with Crippen LogP contribution in [0.2, 0.25) is 0 Å². The third kappa shape index (κ3) is 4.26. The molecule has 7 heteroatoms. The van der Waals surface area contributed by atoms with Gasteiger partial charge in [0.25, 0.3) is 15.9 Å². The third-order valence-electron chi connectivity index (χ3n) is 4.55. The molecule has 4 aromatic rings. The van der Waals surface area contributed by atoms with Crippen LogP contribution >= 0.6 is 0 Å². The molecule has 0 aliphatic rings. The molecule has 6 nitrogen and oxygen atoms in total. The summed E-state index contributed by atoms with van der Waals surface area (Å²) in [6.07, 6.45) is 0. The molecular formula is C23H19N3O3S. The number of hydrogen-bond donors (Lipinski definition) is 3. The molecule has 0 aliphatic carbocycles. The molecule has 0 unspecified atom stereocenters. The monoisotopic (exact) mass is 417 g/mol. The van der Waals surface area contributed by atoms with Gasteiger partial charge in [0, 0.05) is 22.6 Å². The molecule has 4 aromatic carbocycles. The van der Waals surface area contributed by atoms with Crippen molar-refractivity contribution in [3.63, 3.8) is 0 Å². The van der Waals surface area contributed by atoms with Crippen LogP contribution in [0.25, 0.3) is 10.8 Å². The van der Waals surface area contributed by atoms with Crippen LogP contribution < -0.4 is 15.8 Å². The van der Waals surface area contributed by atoms with E-state index >= 15 is 0 Å². The molecule has 4 rings (SSSR count). The fourth-order valence-electron chi connectivity index (χ4n) is 3.09. The number of carbonyl (C=O) groups excluding carboxylic acids is 1. The maximum absolute atomic E-state index is 12.8. The Hall–Kier alpha value is -3.84. The molecule has 0 bridgehead atoms. The number of nitrogens with two attached hydrogens (primary N) is 1. The van der Waals surface area contributed by atoms with Crippen LogP contribution in [-0.4, -0.2) is 14.3 Å². The smallest absolute Gasteiger partial charge is 0.261 e. The highest BCUT2D eigenvalue weighted by Crippen LogP contribution is 2.22. The van der Waals surface area contributed by atoms with Gasteiger partial charge in [-0.1, -0.05) is 42.5 Å². The van der Waals surface area contributed by atoms with Crippen LogP contribution in [0.3, 0.4) is 0 Å². The first-order valence-electron chi connectivity index (χ1n) is 9.19. The highest BCUT2D eigenvalue weighted by atomic mass is 32.2. The lowest BCUT2D eigenvalue weighted by atomic mass is 10.1. The highest BCUT2D eigenvalue weighted by molar-refractivity contribution is 7.92. The van der Waals surface area contributed by atoms with Gasteiger partial charge in [-0.2, -0.15) is 0 Å². The largest absolute Gasteiger partial charge is 0.399 e. The molecule has 0 saturated carbocycles. The Morgan fingerprint density at radius 1 is 0.733 bits per heavy atom. The fraction of sp³-hybridized carbons (Fsp3) is 0. The van der Waals surface area contributed by atoms with Crippen molar-refractivity contribution in [3.8, 4) is 0 Å². The number of nitrogens with one attached hydrogen (secondary N) is 2. The number of rotatable bonds is 5. The maximum atomic E-state index is 12.8. The normalized spacial score (nSPS) is 11.2. The fourth-order valence-corrected chi connectivity index (χ4v) is 4.18. The minimum atomic E-state index is -3.81. The molecule has 0 radical (unpaired) electrons. The predicted octanol–water partition coefficient (Wildman–Crippen LogP) is 4.48. The van der Waals surface area contributed by atoms with E-state index in [0.29, 0.717) is 22.6 Å². The Morgan fingerprint density at radius 2 is 1.47 bits per heavy atom. The second kappa shape index (κ2) is 7.88. The van der Waals surface area contributed by atoms with Gasteiger partial charge >= 0.3 is 0 Å². The molecule has 0 spiro atoms. The van der Waals surface area contributed by atoms with E-state index in [0.717, 1.165) is 10.8 Å². The molecule has 4 N–H and O–H groups in total. The zero-order valence-corrected chi connectivity index (χ0v) is 16.7. The van der Waals surface area contributed by atoms with E-state index in [4.69, 9.17) is 5.73 Å². The molecular weight excluding hydrogens is 398 g/mol. The second-order valence-corrected chi connectivity index (χ2v) is 8.46.